The molecule has 6 aromatic carbocycles. The van der Waals surface area contributed by atoms with E-state index in [9.17, 15) is 33.6 Å². The molecule has 6 aliphatic rings. The Morgan fingerprint density at radius 2 is 0.667 bits per heavy atom. The van der Waals surface area contributed by atoms with Gasteiger partial charge in [0.25, 0.3) is 0 Å². The lowest BCUT2D eigenvalue weighted by Gasteiger charge is -2.40. The van der Waals surface area contributed by atoms with Crippen molar-refractivity contribution < 1.29 is 45.5 Å². The second kappa shape index (κ2) is 39.7. The second-order valence-corrected chi connectivity index (χ2v) is 37.2. The highest BCUT2D eigenvalue weighted by molar-refractivity contribution is 6.00. The average Bonchev–Trinajstić information content (AvgIpc) is 0.980. The normalized spacial score (nSPS) is 17.0. The van der Waals surface area contributed by atoms with Crippen molar-refractivity contribution >= 4 is 103 Å². The maximum Gasteiger partial charge on any atom is 0.355 e. The standard InChI is InChI=1S/C35H37F2N7O3.C35H39F2N7O2.C35H38F2N6O2/c1-7-28(45)42-16-17-43(21(4)19-42)33-23-18-25(37)31-30-24(36)11-9-12-26(30)41(6)29(46)14-15-40(5)27-13-8-10-22(20(2)3)32(27)44(34(23)38-31)35(47)39-33;1-7-29(45)42-17-18-43(22(4)20-42)33-24-19-26(37)31-30-25(36)12-9-13-27(30)40(5)15-10-16-41(6)28-14-8-11-23(21(2)3)32(28)44(34(24)38-31)35(46)39-33;1-6-29(44)41-17-18-42(22(4)20-41)33-25-19-27(37)31-30-26(36)14-10-15-28(30)40(5)16-8-7-11-23-12-9-13-24(21(2)3)32(23)43(34(25)38-31)35(45)39-33/h7-13,18,20-21H,1,14-17,19H2,2-6H3;7-9,11-14,19,21-22H,1,10,15-18,20H2,2-6H3;6,9-10,12-15,19,21-22H,1,7-8,11,16-18,20H2,2-5H3/t21-;2*22-/m000/s1. The summed E-state index contributed by atoms with van der Waals surface area (Å²) in [5.74, 6) is -4.25. The molecule has 12 heterocycles. The van der Waals surface area contributed by atoms with Crippen molar-refractivity contribution in [3.63, 3.8) is 0 Å². The lowest BCUT2D eigenvalue weighted by atomic mass is 9.95. The number of aryl methyl sites for hydroxylation is 1. The van der Waals surface area contributed by atoms with Crippen LogP contribution in [0.1, 0.15) is 128 Å². The first-order valence-corrected chi connectivity index (χ1v) is 46.8. The van der Waals surface area contributed by atoms with Crippen molar-refractivity contribution in [3.8, 4) is 50.8 Å². The van der Waals surface area contributed by atoms with Crippen LogP contribution in [0.5, 0.6) is 0 Å². The minimum absolute atomic E-state index is 0.0281. The summed E-state index contributed by atoms with van der Waals surface area (Å²) >= 11 is 0. The zero-order valence-electron chi connectivity index (χ0n) is 80.2. The molecule has 0 N–H and O–H groups in total. The maximum absolute atomic E-state index is 16.4. The summed E-state index contributed by atoms with van der Waals surface area (Å²) in [7, 11) is 9.08. The molecule has 33 heteroatoms. The monoisotopic (exact) mass is 1880 g/mol. The maximum atomic E-state index is 16.4. The third-order valence-electron chi connectivity index (χ3n) is 27.2. The number of fused-ring (bicyclic) bond motifs is 15. The molecule has 0 aliphatic carbocycles. The van der Waals surface area contributed by atoms with Gasteiger partial charge in [0.1, 0.15) is 52.0 Å². The van der Waals surface area contributed by atoms with Crippen LogP contribution in [0.3, 0.4) is 0 Å². The number of carbonyl (C=O) groups excluding carboxylic acids is 4. The molecular weight excluding hydrogens is 1770 g/mol. The van der Waals surface area contributed by atoms with Crippen molar-refractivity contribution in [1.29, 1.82) is 0 Å². The molecule has 27 nitrogen and oxygen atoms in total. The molecule has 6 aromatic heterocycles. The molecule has 4 amide bonds. The van der Waals surface area contributed by atoms with Crippen LogP contribution in [0, 0.1) is 34.9 Å². The van der Waals surface area contributed by atoms with E-state index in [-0.39, 0.29) is 146 Å². The number of para-hydroxylation sites is 3. The molecular formula is C105H114F6N20O7. The van der Waals surface area contributed by atoms with Crippen LogP contribution in [-0.4, -0.2) is 220 Å². The predicted molar refractivity (Wildman–Crippen MR) is 533 cm³/mol. The molecule has 138 heavy (non-hydrogen) atoms. The first-order chi connectivity index (χ1) is 66.0. The van der Waals surface area contributed by atoms with E-state index in [1.165, 1.54) is 86.3 Å². The number of benzene rings is 6. The zero-order chi connectivity index (χ0) is 98.6. The van der Waals surface area contributed by atoms with Crippen molar-refractivity contribution in [3.05, 3.63) is 254 Å². The van der Waals surface area contributed by atoms with Gasteiger partial charge in [-0.25, -0.2) is 69.4 Å². The third kappa shape index (κ3) is 18.1. The van der Waals surface area contributed by atoms with Crippen molar-refractivity contribution in [2.45, 2.75) is 130 Å². The minimum Gasteiger partial charge on any atom is -0.374 e. The van der Waals surface area contributed by atoms with E-state index in [2.05, 4.69) is 67.3 Å². The van der Waals surface area contributed by atoms with Gasteiger partial charge in [-0.15, -0.1) is 0 Å². The average molecular weight is 1880 g/mol. The number of pyridine rings is 3. The Morgan fingerprint density at radius 3 is 1.03 bits per heavy atom. The second-order valence-electron chi connectivity index (χ2n) is 37.2. The topological polar surface area (TPSA) is 247 Å². The van der Waals surface area contributed by atoms with E-state index >= 15 is 26.3 Å². The molecule has 6 bridgehead atoms. The number of aromatic nitrogens is 9. The summed E-state index contributed by atoms with van der Waals surface area (Å²) in [6.07, 6.45) is 6.97. The molecule has 6 aliphatic heterocycles. The van der Waals surface area contributed by atoms with Gasteiger partial charge in [-0.3, -0.25) is 19.2 Å². The number of hydrogen-bond acceptors (Lipinski definition) is 20. The van der Waals surface area contributed by atoms with Crippen molar-refractivity contribution in [2.24, 2.45) is 0 Å². The van der Waals surface area contributed by atoms with Gasteiger partial charge in [0.2, 0.25) is 23.6 Å². The SMILES string of the molecule is C=CC(=O)N1CCN(c2nc(=O)n3c4nc(c(F)cc24)-c2c(F)cccc2N(C)C(=O)CCN(C)c2cccc(C(C)C)c2-3)[C@@H](C)C1.C=CC(=O)N1CCN(c2nc(=O)n3c4nc(c(F)cc24)-c2c(F)cccc2N(C)CCCCc2cccc(C(C)C)c2-3)[C@@H](C)C1.C=CC(=O)N1CCN(c2nc(=O)n3c4nc(c(F)cc24)-c2c(F)cccc2N(C)CCCN(C)c2cccc(C(C)C)c2-3)[C@@H](C)C1. The van der Waals surface area contributed by atoms with Crippen LogP contribution in [-0.2, 0) is 25.6 Å². The van der Waals surface area contributed by atoms with Crippen LogP contribution in [0.15, 0.2) is 180 Å². The minimum atomic E-state index is -0.838. The van der Waals surface area contributed by atoms with E-state index in [0.29, 0.717) is 136 Å². The number of carbonyl (C=O) groups is 4. The Balaban J connectivity index is 0.000000150. The highest BCUT2D eigenvalue weighted by Gasteiger charge is 2.39. The summed E-state index contributed by atoms with van der Waals surface area (Å²) in [4.78, 5) is 142. The van der Waals surface area contributed by atoms with Gasteiger partial charge in [0.05, 0.1) is 67.0 Å². The van der Waals surface area contributed by atoms with Crippen molar-refractivity contribution in [1.82, 2.24) is 58.3 Å². The lowest BCUT2D eigenvalue weighted by Crippen LogP contribution is -2.54. The van der Waals surface area contributed by atoms with Crippen LogP contribution >= 0.6 is 0 Å². The summed E-state index contributed by atoms with van der Waals surface area (Å²) in [6.45, 7) is 34.2. The lowest BCUT2D eigenvalue weighted by molar-refractivity contribution is -0.127. The number of piperazine rings is 3. The van der Waals surface area contributed by atoms with Crippen LogP contribution in [0.4, 0.5) is 72.2 Å². The quantitative estimate of drug-likeness (QED) is 0.0962. The molecule has 3 atom stereocenters. The highest BCUT2D eigenvalue weighted by atomic mass is 19.1. The fraction of sp³-hybridized carbons (Fsp3) is 0.362. The number of halogens is 6. The van der Waals surface area contributed by atoms with Crippen LogP contribution in [0.2, 0.25) is 0 Å². The number of hydrogen-bond donors (Lipinski definition) is 0. The highest BCUT2D eigenvalue weighted by Crippen LogP contribution is 2.46. The largest absolute Gasteiger partial charge is 0.374 e. The van der Waals surface area contributed by atoms with E-state index < -0.39 is 52.0 Å². The number of nitrogens with zero attached hydrogens (tertiary/aromatic N) is 20. The fourth-order valence-corrected chi connectivity index (χ4v) is 20.0. The molecule has 18 rings (SSSR count). The van der Waals surface area contributed by atoms with Crippen LogP contribution in [0.25, 0.3) is 83.9 Å². The van der Waals surface area contributed by atoms with Gasteiger partial charge in [0.15, 0.2) is 34.4 Å². The number of amides is 4. The molecule has 3 saturated heterocycles. The van der Waals surface area contributed by atoms with Gasteiger partial charge < -0.3 is 53.9 Å². The molecule has 12 aromatic rings. The molecule has 0 radical (unpaired) electrons. The first-order valence-electron chi connectivity index (χ1n) is 46.8. The Hall–Kier alpha value is -14.5. The van der Waals surface area contributed by atoms with Crippen molar-refractivity contribution in [2.75, 3.05) is 160 Å². The summed E-state index contributed by atoms with van der Waals surface area (Å²) in [5, 5.41) is 0.923. The Bertz CT molecular complexity index is 7080. The summed E-state index contributed by atoms with van der Waals surface area (Å²) < 4.78 is 101. The summed E-state index contributed by atoms with van der Waals surface area (Å²) in [6, 6.07) is 34.3. The molecule has 0 unspecified atom stereocenters. The number of anilines is 8. The molecule has 3 fully saturated rings. The van der Waals surface area contributed by atoms with Gasteiger partial charge in [0, 0.05) is 156 Å². The smallest absolute Gasteiger partial charge is 0.355 e. The van der Waals surface area contributed by atoms with Gasteiger partial charge in [-0.2, -0.15) is 15.0 Å². The Kier molecular flexibility index (Phi) is 27.8. The fourth-order valence-electron chi connectivity index (χ4n) is 20.0. The Labute approximate surface area is 796 Å². The first kappa shape index (κ1) is 96.6. The molecule has 0 spiro atoms. The van der Waals surface area contributed by atoms with Gasteiger partial charge >= 0.3 is 17.1 Å². The zero-order valence-corrected chi connectivity index (χ0v) is 80.2. The van der Waals surface area contributed by atoms with E-state index in [1.807, 2.05) is 147 Å². The van der Waals surface area contributed by atoms with E-state index in [4.69, 9.17) is 15.0 Å². The summed E-state index contributed by atoms with van der Waals surface area (Å²) in [5.41, 5.74) is 6.08. The third-order valence-corrected chi connectivity index (χ3v) is 27.2. The predicted octanol–water partition coefficient (Wildman–Crippen LogP) is 16.1. The van der Waals surface area contributed by atoms with E-state index in [1.54, 1.807) is 45.0 Å². The van der Waals surface area contributed by atoms with Gasteiger partial charge in [-0.1, -0.05) is 122 Å². The van der Waals surface area contributed by atoms with Crippen LogP contribution < -0.4 is 56.3 Å². The van der Waals surface area contributed by atoms with Gasteiger partial charge in [-0.05, 0) is 171 Å². The Morgan fingerprint density at radius 1 is 0.355 bits per heavy atom. The van der Waals surface area contributed by atoms with E-state index in [0.717, 1.165) is 47.2 Å². The number of rotatable bonds is 9. The molecule has 0 saturated carbocycles. The molecule has 718 valence electrons.